The van der Waals surface area contributed by atoms with Crippen LogP contribution in [0.4, 0.5) is 4.79 Å². The Morgan fingerprint density at radius 1 is 1.00 bits per heavy atom. The molecule has 22 heavy (non-hydrogen) atoms. The number of aliphatic carboxylic acids is 1. The van der Waals surface area contributed by atoms with Crippen molar-refractivity contribution in [2.45, 2.75) is 69.9 Å². The standard InChI is InChI=1S/C16H28N2O4/c19-15(20)12-6-8-13(9-7-12)18-16(21)17-10-11-22-14-4-2-1-3-5-14/h12-14H,1-11H2,(H,19,20)(H2,17,18,21). The summed E-state index contributed by atoms with van der Waals surface area (Å²) in [5.74, 6) is -0.965. The fourth-order valence-corrected chi connectivity index (χ4v) is 3.34. The molecule has 2 aliphatic carbocycles. The van der Waals surface area contributed by atoms with Gasteiger partial charge in [-0.05, 0) is 38.5 Å². The zero-order valence-electron chi connectivity index (χ0n) is 13.2. The van der Waals surface area contributed by atoms with E-state index < -0.39 is 5.97 Å². The van der Waals surface area contributed by atoms with Gasteiger partial charge in [-0.2, -0.15) is 0 Å². The molecule has 3 N–H and O–H groups in total. The van der Waals surface area contributed by atoms with Crippen LogP contribution in [0.25, 0.3) is 0 Å². The van der Waals surface area contributed by atoms with Gasteiger partial charge in [-0.15, -0.1) is 0 Å². The number of ether oxygens (including phenoxy) is 1. The van der Waals surface area contributed by atoms with Crippen molar-refractivity contribution in [2.75, 3.05) is 13.2 Å². The summed E-state index contributed by atoms with van der Waals surface area (Å²) in [7, 11) is 0. The highest BCUT2D eigenvalue weighted by molar-refractivity contribution is 5.74. The molecule has 0 aromatic carbocycles. The topological polar surface area (TPSA) is 87.7 Å². The average Bonchev–Trinajstić information content (AvgIpc) is 2.53. The number of carbonyl (C=O) groups excluding carboxylic acids is 1. The number of nitrogens with one attached hydrogen (secondary N) is 2. The molecule has 2 fully saturated rings. The first-order valence-electron chi connectivity index (χ1n) is 8.54. The van der Waals surface area contributed by atoms with Gasteiger partial charge in [0.15, 0.2) is 0 Å². The monoisotopic (exact) mass is 312 g/mol. The van der Waals surface area contributed by atoms with Crippen LogP contribution in [-0.4, -0.2) is 42.4 Å². The van der Waals surface area contributed by atoms with Crippen LogP contribution in [-0.2, 0) is 9.53 Å². The van der Waals surface area contributed by atoms with E-state index in [1.165, 1.54) is 19.3 Å². The summed E-state index contributed by atoms with van der Waals surface area (Å²) < 4.78 is 5.76. The molecule has 6 heteroatoms. The smallest absolute Gasteiger partial charge is 0.315 e. The van der Waals surface area contributed by atoms with Gasteiger partial charge in [-0.3, -0.25) is 4.79 Å². The van der Waals surface area contributed by atoms with E-state index in [0.29, 0.717) is 32.1 Å². The van der Waals surface area contributed by atoms with Crippen LogP contribution < -0.4 is 10.6 Å². The highest BCUT2D eigenvalue weighted by atomic mass is 16.5. The number of hydrogen-bond donors (Lipinski definition) is 3. The maximum absolute atomic E-state index is 11.8. The van der Waals surface area contributed by atoms with Gasteiger partial charge >= 0.3 is 12.0 Å². The Balaban J connectivity index is 1.52. The van der Waals surface area contributed by atoms with Crippen molar-refractivity contribution >= 4 is 12.0 Å². The maximum atomic E-state index is 11.8. The normalized spacial score (nSPS) is 26.4. The fourth-order valence-electron chi connectivity index (χ4n) is 3.34. The zero-order chi connectivity index (χ0) is 15.8. The number of amides is 2. The largest absolute Gasteiger partial charge is 0.481 e. The highest BCUT2D eigenvalue weighted by Gasteiger charge is 2.26. The van der Waals surface area contributed by atoms with Gasteiger partial charge in [0.25, 0.3) is 0 Å². The van der Waals surface area contributed by atoms with Crippen molar-refractivity contribution in [3.8, 4) is 0 Å². The van der Waals surface area contributed by atoms with E-state index in [9.17, 15) is 9.59 Å². The summed E-state index contributed by atoms with van der Waals surface area (Å²) in [6.07, 6.45) is 9.21. The predicted molar refractivity (Wildman–Crippen MR) is 82.7 cm³/mol. The first-order chi connectivity index (χ1) is 10.6. The maximum Gasteiger partial charge on any atom is 0.315 e. The third-order valence-electron chi connectivity index (χ3n) is 4.71. The van der Waals surface area contributed by atoms with Gasteiger partial charge in [-0.25, -0.2) is 4.79 Å². The van der Waals surface area contributed by atoms with Crippen LogP contribution in [0.15, 0.2) is 0 Å². The van der Waals surface area contributed by atoms with Crippen molar-refractivity contribution in [2.24, 2.45) is 5.92 Å². The second kappa shape index (κ2) is 8.98. The Kier molecular flexibility index (Phi) is 6.96. The average molecular weight is 312 g/mol. The molecule has 0 radical (unpaired) electrons. The van der Waals surface area contributed by atoms with Crippen LogP contribution in [0.1, 0.15) is 57.8 Å². The van der Waals surface area contributed by atoms with Gasteiger partial charge in [0, 0.05) is 12.6 Å². The van der Waals surface area contributed by atoms with Crippen LogP contribution in [0, 0.1) is 5.92 Å². The number of carbonyl (C=O) groups is 2. The molecule has 6 nitrogen and oxygen atoms in total. The fraction of sp³-hybridized carbons (Fsp3) is 0.875. The highest BCUT2D eigenvalue weighted by Crippen LogP contribution is 2.24. The van der Waals surface area contributed by atoms with E-state index >= 15 is 0 Å². The van der Waals surface area contributed by atoms with E-state index in [-0.39, 0.29) is 18.0 Å². The van der Waals surface area contributed by atoms with Gasteiger partial charge in [0.1, 0.15) is 0 Å². The second-order valence-electron chi connectivity index (χ2n) is 6.42. The molecule has 0 heterocycles. The van der Waals surface area contributed by atoms with E-state index in [0.717, 1.165) is 25.7 Å². The molecule has 0 saturated heterocycles. The molecular formula is C16H28N2O4. The van der Waals surface area contributed by atoms with Crippen LogP contribution in [0.5, 0.6) is 0 Å². The van der Waals surface area contributed by atoms with E-state index in [2.05, 4.69) is 10.6 Å². The first kappa shape index (κ1) is 17.1. The van der Waals surface area contributed by atoms with Gasteiger partial charge in [0.05, 0.1) is 18.6 Å². The predicted octanol–water partition coefficient (Wildman–Crippen LogP) is 2.28. The molecule has 0 atom stereocenters. The summed E-state index contributed by atoms with van der Waals surface area (Å²) in [5.41, 5.74) is 0. The minimum atomic E-state index is -0.720. The molecule has 0 aromatic heterocycles. The lowest BCUT2D eigenvalue weighted by molar-refractivity contribution is -0.142. The Morgan fingerprint density at radius 2 is 1.68 bits per heavy atom. The van der Waals surface area contributed by atoms with Crippen molar-refractivity contribution in [3.63, 3.8) is 0 Å². The number of hydrogen-bond acceptors (Lipinski definition) is 3. The SMILES string of the molecule is O=C(NCCOC1CCCCC1)NC1CCC(C(=O)O)CC1. The van der Waals surface area contributed by atoms with Crippen LogP contribution >= 0.6 is 0 Å². The molecule has 0 spiro atoms. The summed E-state index contributed by atoms with van der Waals surface area (Å²) in [6, 6.07) is -0.0825. The van der Waals surface area contributed by atoms with Gasteiger partial charge in [-0.1, -0.05) is 19.3 Å². The molecule has 0 aliphatic heterocycles. The zero-order valence-corrected chi connectivity index (χ0v) is 13.2. The summed E-state index contributed by atoms with van der Waals surface area (Å²) >= 11 is 0. The van der Waals surface area contributed by atoms with Gasteiger partial charge < -0.3 is 20.5 Å². The van der Waals surface area contributed by atoms with E-state index in [1.807, 2.05) is 0 Å². The molecule has 0 aromatic rings. The molecular weight excluding hydrogens is 284 g/mol. The second-order valence-corrected chi connectivity index (χ2v) is 6.42. The molecule has 126 valence electrons. The third kappa shape index (κ3) is 5.83. The molecule has 2 saturated carbocycles. The molecule has 2 rings (SSSR count). The molecule has 0 unspecified atom stereocenters. The summed E-state index contributed by atoms with van der Waals surface area (Å²) in [6.45, 7) is 1.08. The minimum absolute atomic E-state index is 0.0925. The molecule has 2 amide bonds. The van der Waals surface area contributed by atoms with E-state index in [1.54, 1.807) is 0 Å². The Bertz CT molecular complexity index is 361. The quantitative estimate of drug-likeness (QED) is 0.657. The Hall–Kier alpha value is -1.30. The Labute approximate surface area is 132 Å². The summed E-state index contributed by atoms with van der Waals surface area (Å²) in [5, 5.41) is 14.7. The van der Waals surface area contributed by atoms with Crippen LogP contribution in [0.3, 0.4) is 0 Å². The lowest BCUT2D eigenvalue weighted by Gasteiger charge is -2.27. The number of carboxylic acids is 1. The van der Waals surface area contributed by atoms with Gasteiger partial charge in [0.2, 0.25) is 0 Å². The first-order valence-corrected chi connectivity index (χ1v) is 8.54. The molecule has 2 aliphatic rings. The number of urea groups is 1. The lowest BCUT2D eigenvalue weighted by Crippen LogP contribution is -2.45. The third-order valence-corrected chi connectivity index (χ3v) is 4.71. The van der Waals surface area contributed by atoms with Crippen molar-refractivity contribution < 1.29 is 19.4 Å². The van der Waals surface area contributed by atoms with Crippen LogP contribution in [0.2, 0.25) is 0 Å². The number of rotatable bonds is 6. The van der Waals surface area contributed by atoms with E-state index in [4.69, 9.17) is 9.84 Å². The number of carboxylic acid groups (broad SMARTS) is 1. The van der Waals surface area contributed by atoms with Crippen molar-refractivity contribution in [3.05, 3.63) is 0 Å². The lowest BCUT2D eigenvalue weighted by atomic mass is 9.86. The minimum Gasteiger partial charge on any atom is -0.481 e. The van der Waals surface area contributed by atoms with Crippen molar-refractivity contribution in [1.82, 2.24) is 10.6 Å². The van der Waals surface area contributed by atoms with Crippen molar-refractivity contribution in [1.29, 1.82) is 0 Å². The molecule has 0 bridgehead atoms. The Morgan fingerprint density at radius 3 is 2.32 bits per heavy atom. The summed E-state index contributed by atoms with van der Waals surface area (Å²) in [4.78, 5) is 22.7.